The molecule has 0 unspecified atom stereocenters. The van der Waals surface area contributed by atoms with Crippen molar-refractivity contribution in [1.29, 1.82) is 0 Å². The van der Waals surface area contributed by atoms with Crippen LogP contribution in [0, 0.1) is 0 Å². The number of aromatic nitrogens is 2. The van der Waals surface area contributed by atoms with Gasteiger partial charge in [0, 0.05) is 6.54 Å². The molecule has 0 radical (unpaired) electrons. The van der Waals surface area contributed by atoms with Crippen molar-refractivity contribution >= 4 is 16.5 Å². The first-order valence-electron chi connectivity index (χ1n) is 4.85. The van der Waals surface area contributed by atoms with Crippen LogP contribution >= 0.6 is 11.3 Å². The zero-order valence-electron chi connectivity index (χ0n) is 9.22. The monoisotopic (exact) mass is 291 g/mol. The van der Waals surface area contributed by atoms with Crippen LogP contribution in [0.15, 0.2) is 0 Å². The van der Waals surface area contributed by atoms with Crippen molar-refractivity contribution < 1.29 is 26.7 Å². The number of nitrogens with one attached hydrogen (secondary N) is 1. The molecule has 0 aliphatic rings. The van der Waals surface area contributed by atoms with Gasteiger partial charge in [-0.1, -0.05) is 11.3 Å². The Morgan fingerprint density at radius 2 is 1.89 bits per heavy atom. The van der Waals surface area contributed by atoms with Gasteiger partial charge in [0.25, 0.3) is 0 Å². The Bertz CT molecular complexity index is 381. The summed E-state index contributed by atoms with van der Waals surface area (Å²) in [6.07, 6.45) is -5.61. The summed E-state index contributed by atoms with van der Waals surface area (Å²) < 4.78 is 64.6. The molecule has 1 aromatic heterocycles. The minimum absolute atomic E-state index is 0.226. The van der Waals surface area contributed by atoms with Crippen LogP contribution in [0.3, 0.4) is 0 Å². The first-order valence-corrected chi connectivity index (χ1v) is 5.66. The van der Waals surface area contributed by atoms with Gasteiger partial charge in [-0.25, -0.2) is 0 Å². The maximum absolute atomic E-state index is 12.5. The number of rotatable bonds is 6. The van der Waals surface area contributed by atoms with Crippen molar-refractivity contribution in [3.05, 3.63) is 5.01 Å². The third-order valence-electron chi connectivity index (χ3n) is 1.72. The van der Waals surface area contributed by atoms with E-state index in [1.165, 1.54) is 0 Å². The lowest BCUT2D eigenvalue weighted by Crippen LogP contribution is -2.40. The molecule has 1 heterocycles. The molecule has 0 saturated carbocycles. The molecule has 0 aromatic carbocycles. The van der Waals surface area contributed by atoms with Gasteiger partial charge in [-0.05, 0) is 6.92 Å². The lowest BCUT2D eigenvalue weighted by molar-refractivity contribution is -0.297. The van der Waals surface area contributed by atoms with Crippen molar-refractivity contribution in [2.75, 3.05) is 18.5 Å². The number of ether oxygens (including phenoxy) is 1. The second-order valence-electron chi connectivity index (χ2n) is 3.23. The summed E-state index contributed by atoms with van der Waals surface area (Å²) in [6, 6.07) is 0. The Labute approximate surface area is 103 Å². The molecule has 104 valence electrons. The Morgan fingerprint density at radius 1 is 1.22 bits per heavy atom. The van der Waals surface area contributed by atoms with Gasteiger partial charge in [0.15, 0.2) is 0 Å². The number of nitrogens with zero attached hydrogens (tertiary/aromatic N) is 2. The molecule has 4 nitrogen and oxygen atoms in total. The van der Waals surface area contributed by atoms with Crippen LogP contribution < -0.4 is 5.32 Å². The third-order valence-corrected chi connectivity index (χ3v) is 2.57. The number of hydrogen-bond acceptors (Lipinski definition) is 5. The number of alkyl halides is 5. The molecule has 0 atom stereocenters. The predicted molar refractivity (Wildman–Crippen MR) is 54.7 cm³/mol. The normalized spacial score (nSPS) is 12.8. The second kappa shape index (κ2) is 5.74. The summed E-state index contributed by atoms with van der Waals surface area (Å²) >= 11 is 1.03. The molecule has 0 fully saturated rings. The number of anilines is 1. The largest absolute Gasteiger partial charge is 0.455 e. The van der Waals surface area contributed by atoms with Crippen molar-refractivity contribution in [3.8, 4) is 0 Å². The summed E-state index contributed by atoms with van der Waals surface area (Å²) in [6.45, 7) is 0.254. The van der Waals surface area contributed by atoms with E-state index >= 15 is 0 Å². The Morgan fingerprint density at radius 3 is 2.44 bits per heavy atom. The van der Waals surface area contributed by atoms with Crippen molar-refractivity contribution in [1.82, 2.24) is 10.2 Å². The molecule has 1 rings (SSSR count). The molecule has 0 aliphatic heterocycles. The Balaban J connectivity index is 2.41. The average Bonchev–Trinajstić information content (AvgIpc) is 2.64. The van der Waals surface area contributed by atoms with Crippen LogP contribution in [-0.4, -0.2) is 35.4 Å². The quantitative estimate of drug-likeness (QED) is 0.819. The molecule has 0 bridgehead atoms. The SMILES string of the molecule is CCNc1nnc(COCC(F)(F)C(F)(F)F)s1. The van der Waals surface area contributed by atoms with Gasteiger partial charge < -0.3 is 10.1 Å². The zero-order chi connectivity index (χ0) is 13.8. The fraction of sp³-hybridized carbons (Fsp3) is 0.750. The van der Waals surface area contributed by atoms with Gasteiger partial charge in [-0.3, -0.25) is 0 Å². The van der Waals surface area contributed by atoms with Crippen LogP contribution in [0.2, 0.25) is 0 Å². The smallest absolute Gasteiger partial charge is 0.368 e. The molecule has 10 heteroatoms. The highest BCUT2D eigenvalue weighted by atomic mass is 32.1. The van der Waals surface area contributed by atoms with Crippen LogP contribution in [0.5, 0.6) is 0 Å². The van der Waals surface area contributed by atoms with Crippen LogP contribution in [0.25, 0.3) is 0 Å². The van der Waals surface area contributed by atoms with E-state index in [9.17, 15) is 22.0 Å². The van der Waals surface area contributed by atoms with Gasteiger partial charge >= 0.3 is 12.1 Å². The van der Waals surface area contributed by atoms with Crippen LogP contribution in [0.4, 0.5) is 27.1 Å². The van der Waals surface area contributed by atoms with E-state index in [1.807, 2.05) is 6.92 Å². The molecule has 1 aromatic rings. The van der Waals surface area contributed by atoms with E-state index in [0.29, 0.717) is 11.7 Å². The lowest BCUT2D eigenvalue weighted by atomic mass is 10.3. The molecule has 18 heavy (non-hydrogen) atoms. The zero-order valence-corrected chi connectivity index (χ0v) is 10.0. The van der Waals surface area contributed by atoms with Crippen LogP contribution in [-0.2, 0) is 11.3 Å². The summed E-state index contributed by atoms with van der Waals surface area (Å²) in [5.41, 5.74) is 0. The first-order chi connectivity index (χ1) is 8.26. The van der Waals surface area contributed by atoms with E-state index in [0.717, 1.165) is 11.3 Å². The maximum Gasteiger partial charge on any atom is 0.455 e. The minimum Gasteiger partial charge on any atom is -0.368 e. The van der Waals surface area contributed by atoms with Gasteiger partial charge in [-0.15, -0.1) is 10.2 Å². The summed E-state index contributed by atoms with van der Waals surface area (Å²) in [5.74, 6) is -4.86. The molecule has 0 saturated heterocycles. The standard InChI is InChI=1S/C8H10F5N3OS/c1-2-14-6-16-15-5(18-6)3-17-4-7(9,10)8(11,12)13/h2-4H2,1H3,(H,14,16). The van der Waals surface area contributed by atoms with E-state index in [-0.39, 0.29) is 5.01 Å². The Kier molecular flexibility index (Phi) is 4.79. The topological polar surface area (TPSA) is 47.0 Å². The lowest BCUT2D eigenvalue weighted by Gasteiger charge is -2.18. The fourth-order valence-corrected chi connectivity index (χ4v) is 1.63. The van der Waals surface area contributed by atoms with Crippen molar-refractivity contribution in [2.45, 2.75) is 25.6 Å². The molecule has 1 N–H and O–H groups in total. The maximum atomic E-state index is 12.5. The number of hydrogen-bond donors (Lipinski definition) is 1. The summed E-state index contributed by atoms with van der Waals surface area (Å²) in [5, 5.41) is 10.7. The van der Waals surface area contributed by atoms with E-state index in [4.69, 9.17) is 0 Å². The van der Waals surface area contributed by atoms with Gasteiger partial charge in [0.2, 0.25) is 5.13 Å². The van der Waals surface area contributed by atoms with Crippen LogP contribution in [0.1, 0.15) is 11.9 Å². The number of halogens is 5. The Hall–Kier alpha value is -1.03. The first kappa shape index (κ1) is 15.0. The van der Waals surface area contributed by atoms with E-state index in [1.54, 1.807) is 0 Å². The predicted octanol–water partition coefficient (Wildman–Crippen LogP) is 2.68. The van der Waals surface area contributed by atoms with Gasteiger partial charge in [0.1, 0.15) is 18.2 Å². The highest BCUT2D eigenvalue weighted by molar-refractivity contribution is 7.15. The average molecular weight is 291 g/mol. The third kappa shape index (κ3) is 4.02. The summed E-state index contributed by atoms with van der Waals surface area (Å²) in [7, 11) is 0. The molecule has 0 spiro atoms. The van der Waals surface area contributed by atoms with Gasteiger partial charge in [0.05, 0.1) is 0 Å². The summed E-state index contributed by atoms with van der Waals surface area (Å²) in [4.78, 5) is 0. The second-order valence-corrected chi connectivity index (χ2v) is 4.29. The minimum atomic E-state index is -5.61. The molecule has 0 amide bonds. The molecular weight excluding hydrogens is 281 g/mol. The molecular formula is C8H10F5N3OS. The highest BCUT2D eigenvalue weighted by Crippen LogP contribution is 2.35. The van der Waals surface area contributed by atoms with E-state index < -0.39 is 25.3 Å². The highest BCUT2D eigenvalue weighted by Gasteiger charge is 2.57. The van der Waals surface area contributed by atoms with E-state index in [2.05, 4.69) is 20.3 Å². The van der Waals surface area contributed by atoms with Crippen molar-refractivity contribution in [3.63, 3.8) is 0 Å². The molecule has 0 aliphatic carbocycles. The fourth-order valence-electron chi connectivity index (χ4n) is 0.883. The van der Waals surface area contributed by atoms with Crippen molar-refractivity contribution in [2.24, 2.45) is 0 Å². The van der Waals surface area contributed by atoms with Gasteiger partial charge in [-0.2, -0.15) is 22.0 Å².